The Kier molecular flexibility index (Phi) is 7.15. The Hall–Kier alpha value is -6.28. The highest BCUT2D eigenvalue weighted by molar-refractivity contribution is 7.04. The van der Waals surface area contributed by atoms with E-state index in [-0.39, 0.29) is 5.41 Å². The van der Waals surface area contributed by atoms with Crippen LogP contribution in [0, 0.1) is 0 Å². The minimum absolute atomic E-state index is 0.0863. The smallest absolute Gasteiger partial charge is 0.0623 e. The molecule has 56 heavy (non-hydrogen) atoms. The summed E-state index contributed by atoms with van der Waals surface area (Å²) in [5, 5.41) is 8.30. The number of fused-ring (bicyclic) bond motifs is 8. The molecule has 0 N–H and O–H groups in total. The fraction of sp³-hybridized carbons (Fsp3) is 0.0909. The summed E-state index contributed by atoms with van der Waals surface area (Å²) in [6, 6.07) is 68.8. The predicted octanol–water partition coefficient (Wildman–Crippen LogP) is 13.8. The van der Waals surface area contributed by atoms with Crippen LogP contribution in [-0.4, -0.2) is 8.07 Å². The molecular weight excluding hydrogens is 689 g/mol. The lowest BCUT2D eigenvalue weighted by Crippen LogP contribution is -2.49. The maximum Gasteiger partial charge on any atom is 0.113 e. The molecule has 0 saturated carbocycles. The Bertz CT molecular complexity index is 3000. The fourth-order valence-electron chi connectivity index (χ4n) is 10.2. The summed E-state index contributed by atoms with van der Waals surface area (Å²) in [7, 11) is -1.98. The minimum atomic E-state index is -1.98. The van der Waals surface area contributed by atoms with Crippen molar-refractivity contribution in [2.75, 3.05) is 0 Å². The lowest BCUT2D eigenvalue weighted by atomic mass is 9.80. The molecule has 9 aromatic rings. The topological polar surface area (TPSA) is 0 Å². The molecule has 0 atom stereocenters. The van der Waals surface area contributed by atoms with Gasteiger partial charge in [-0.3, -0.25) is 0 Å². The van der Waals surface area contributed by atoms with Crippen LogP contribution in [0.25, 0.3) is 88.3 Å². The van der Waals surface area contributed by atoms with E-state index < -0.39 is 8.07 Å². The SMILES string of the molecule is CC1(C)c2ccccc2-c2ccc(-c3c4ccccc4c(-c4cc(-c5ccccc5)cc(-c5ccccc5)c4)c4cc5c(cc34)[Si](C)(C)c3ccccc3-5)cc21. The van der Waals surface area contributed by atoms with Crippen LogP contribution in [0.5, 0.6) is 0 Å². The quantitative estimate of drug-likeness (QED) is 0.125. The monoisotopic (exact) mass is 730 g/mol. The van der Waals surface area contributed by atoms with Gasteiger partial charge in [0.1, 0.15) is 8.07 Å². The van der Waals surface area contributed by atoms with Crippen molar-refractivity contribution >= 4 is 40.0 Å². The van der Waals surface area contributed by atoms with E-state index in [9.17, 15) is 0 Å². The predicted molar refractivity (Wildman–Crippen MR) is 243 cm³/mol. The van der Waals surface area contributed by atoms with E-state index >= 15 is 0 Å². The molecule has 1 heterocycles. The number of benzene rings is 9. The zero-order valence-electron chi connectivity index (χ0n) is 32.3. The minimum Gasteiger partial charge on any atom is -0.0623 e. The van der Waals surface area contributed by atoms with Crippen molar-refractivity contribution in [1.82, 2.24) is 0 Å². The van der Waals surface area contributed by atoms with Crippen molar-refractivity contribution < 1.29 is 0 Å². The summed E-state index contributed by atoms with van der Waals surface area (Å²) in [5.74, 6) is 0. The summed E-state index contributed by atoms with van der Waals surface area (Å²) in [6.07, 6.45) is 0. The van der Waals surface area contributed by atoms with Gasteiger partial charge < -0.3 is 0 Å². The summed E-state index contributed by atoms with van der Waals surface area (Å²) in [5.41, 5.74) is 18.3. The summed E-state index contributed by atoms with van der Waals surface area (Å²) in [6.45, 7) is 9.86. The molecule has 0 aromatic heterocycles. The van der Waals surface area contributed by atoms with Crippen LogP contribution in [0.1, 0.15) is 25.0 Å². The molecular formula is C55H42Si. The first-order valence-corrected chi connectivity index (χ1v) is 22.9. The van der Waals surface area contributed by atoms with Crippen LogP contribution < -0.4 is 10.4 Å². The van der Waals surface area contributed by atoms with Crippen LogP contribution in [-0.2, 0) is 5.41 Å². The van der Waals surface area contributed by atoms with E-state index in [1.807, 2.05) is 0 Å². The highest BCUT2D eigenvalue weighted by Crippen LogP contribution is 2.52. The third-order valence-corrected chi connectivity index (χ3v) is 16.6. The molecule has 0 amide bonds. The fourth-order valence-corrected chi connectivity index (χ4v) is 13.3. The van der Waals surface area contributed by atoms with E-state index in [1.165, 1.54) is 110 Å². The van der Waals surface area contributed by atoms with Crippen molar-refractivity contribution in [3.63, 3.8) is 0 Å². The van der Waals surface area contributed by atoms with E-state index in [0.717, 1.165) is 0 Å². The molecule has 0 unspecified atom stereocenters. The largest absolute Gasteiger partial charge is 0.113 e. The van der Waals surface area contributed by atoms with E-state index in [0.29, 0.717) is 0 Å². The van der Waals surface area contributed by atoms with Gasteiger partial charge in [0.05, 0.1) is 0 Å². The van der Waals surface area contributed by atoms with Crippen molar-refractivity contribution in [2.45, 2.75) is 32.4 Å². The highest BCUT2D eigenvalue weighted by Gasteiger charge is 2.39. The van der Waals surface area contributed by atoms with Gasteiger partial charge >= 0.3 is 0 Å². The first kappa shape index (κ1) is 33.1. The third-order valence-electron chi connectivity index (χ3n) is 13.0. The maximum atomic E-state index is 2.62. The molecule has 11 rings (SSSR count). The van der Waals surface area contributed by atoms with Gasteiger partial charge in [0.2, 0.25) is 0 Å². The molecule has 266 valence electrons. The Morgan fingerprint density at radius 2 is 0.839 bits per heavy atom. The standard InChI is InChI=1S/C55H42Si/c1-55(2)49-25-15-13-21-41(49)42-28-27-37(32-50(42)55)53-44-23-11-12-24-45(44)54(47-33-46-43-22-14-16-26-51(43)56(3,4)52(46)34-48(47)53)40-30-38(35-17-7-5-8-18-35)29-39(31-40)36-19-9-6-10-20-36/h5-34H,1-4H3. The Labute approximate surface area is 330 Å². The van der Waals surface area contributed by atoms with Gasteiger partial charge in [0.25, 0.3) is 0 Å². The Morgan fingerprint density at radius 3 is 1.52 bits per heavy atom. The Balaban J connectivity index is 1.27. The molecule has 0 radical (unpaired) electrons. The molecule has 2 aliphatic rings. The van der Waals surface area contributed by atoms with Gasteiger partial charge in [-0.05, 0) is 140 Å². The van der Waals surface area contributed by atoms with Crippen molar-refractivity contribution in [1.29, 1.82) is 0 Å². The van der Waals surface area contributed by atoms with Gasteiger partial charge in [0.15, 0.2) is 0 Å². The second-order valence-electron chi connectivity index (χ2n) is 16.9. The summed E-state index contributed by atoms with van der Waals surface area (Å²) in [4.78, 5) is 0. The molecule has 0 saturated heterocycles. The molecule has 0 fully saturated rings. The van der Waals surface area contributed by atoms with Crippen LogP contribution in [0.2, 0.25) is 13.1 Å². The van der Waals surface area contributed by atoms with E-state index in [4.69, 9.17) is 0 Å². The molecule has 1 heteroatoms. The zero-order chi connectivity index (χ0) is 37.8. The van der Waals surface area contributed by atoms with Gasteiger partial charge in [-0.2, -0.15) is 0 Å². The molecule has 0 spiro atoms. The molecule has 0 nitrogen and oxygen atoms in total. The highest BCUT2D eigenvalue weighted by atomic mass is 28.3. The number of hydrogen-bond donors (Lipinski definition) is 0. The second-order valence-corrected chi connectivity index (χ2v) is 21.2. The van der Waals surface area contributed by atoms with Gasteiger partial charge in [-0.1, -0.05) is 179 Å². The van der Waals surface area contributed by atoms with Crippen LogP contribution >= 0.6 is 0 Å². The third kappa shape index (κ3) is 4.77. The van der Waals surface area contributed by atoms with E-state index in [2.05, 4.69) is 209 Å². The number of hydrogen-bond acceptors (Lipinski definition) is 0. The average Bonchev–Trinajstić information content (AvgIpc) is 3.61. The van der Waals surface area contributed by atoms with Crippen LogP contribution in [0.4, 0.5) is 0 Å². The lowest BCUT2D eigenvalue weighted by Gasteiger charge is -2.24. The molecule has 9 aromatic carbocycles. The van der Waals surface area contributed by atoms with E-state index in [1.54, 1.807) is 0 Å². The maximum absolute atomic E-state index is 2.62. The first-order valence-electron chi connectivity index (χ1n) is 19.9. The van der Waals surface area contributed by atoms with Gasteiger partial charge in [0, 0.05) is 5.41 Å². The molecule has 1 aliphatic carbocycles. The van der Waals surface area contributed by atoms with Crippen LogP contribution in [0.3, 0.4) is 0 Å². The summed E-state index contributed by atoms with van der Waals surface area (Å²) < 4.78 is 0. The zero-order valence-corrected chi connectivity index (χ0v) is 33.3. The Morgan fingerprint density at radius 1 is 0.321 bits per heavy atom. The van der Waals surface area contributed by atoms with Crippen LogP contribution in [0.15, 0.2) is 182 Å². The van der Waals surface area contributed by atoms with Crippen molar-refractivity contribution in [3.05, 3.63) is 193 Å². The van der Waals surface area contributed by atoms with Gasteiger partial charge in [-0.25, -0.2) is 0 Å². The second kappa shape index (κ2) is 12.1. The molecule has 0 bridgehead atoms. The molecule has 1 aliphatic heterocycles. The first-order chi connectivity index (χ1) is 27.3. The lowest BCUT2D eigenvalue weighted by molar-refractivity contribution is 0.660. The number of rotatable bonds is 4. The normalized spacial score (nSPS) is 14.4. The average molecular weight is 731 g/mol. The van der Waals surface area contributed by atoms with Crippen molar-refractivity contribution in [2.24, 2.45) is 0 Å². The van der Waals surface area contributed by atoms with Crippen molar-refractivity contribution in [3.8, 4) is 66.8 Å². The summed E-state index contributed by atoms with van der Waals surface area (Å²) >= 11 is 0. The van der Waals surface area contributed by atoms with Gasteiger partial charge in [-0.15, -0.1) is 0 Å².